The van der Waals surface area contributed by atoms with Gasteiger partial charge in [-0.2, -0.15) is 4.98 Å². The Morgan fingerprint density at radius 3 is 2.31 bits per heavy atom. The lowest BCUT2D eigenvalue weighted by Crippen LogP contribution is -2.47. The van der Waals surface area contributed by atoms with Crippen molar-refractivity contribution in [3.8, 4) is 17.4 Å². The largest absolute Gasteiger partial charge is 0.489 e. The van der Waals surface area contributed by atoms with Crippen LogP contribution in [0.2, 0.25) is 5.02 Å². The second-order valence-electron chi connectivity index (χ2n) is 12.4. The topological polar surface area (TPSA) is 130 Å². The minimum Gasteiger partial charge on any atom is -0.489 e. The van der Waals surface area contributed by atoms with Gasteiger partial charge in [-0.15, -0.1) is 0 Å². The Morgan fingerprint density at radius 1 is 0.923 bits per heavy atom. The number of aromatic nitrogens is 2. The maximum atomic E-state index is 15.1. The van der Waals surface area contributed by atoms with Gasteiger partial charge in [-0.3, -0.25) is 14.5 Å². The van der Waals surface area contributed by atoms with E-state index in [1.165, 1.54) is 24.4 Å². The number of methoxy groups -OCH3 is 1. The van der Waals surface area contributed by atoms with Crippen molar-refractivity contribution in [2.45, 2.75) is 27.2 Å². The molecule has 1 saturated heterocycles. The number of amides is 2. The van der Waals surface area contributed by atoms with Crippen LogP contribution in [-0.2, 0) is 4.74 Å². The number of piperazine rings is 1. The van der Waals surface area contributed by atoms with Gasteiger partial charge in [0.15, 0.2) is 11.6 Å². The maximum absolute atomic E-state index is 15.1. The highest BCUT2D eigenvalue weighted by molar-refractivity contribution is 6.32. The van der Waals surface area contributed by atoms with E-state index in [1.807, 2.05) is 32.0 Å². The van der Waals surface area contributed by atoms with Crippen LogP contribution in [0.4, 0.5) is 21.7 Å². The van der Waals surface area contributed by atoms with E-state index in [0.29, 0.717) is 43.2 Å². The third-order valence-corrected chi connectivity index (χ3v) is 8.86. The highest BCUT2D eigenvalue weighted by Crippen LogP contribution is 2.33. The molecule has 0 atom stereocenters. The number of para-hydroxylation sites is 1. The molecule has 2 amide bonds. The first kappa shape index (κ1) is 38.4. The average Bonchev–Trinajstić information content (AvgIpc) is 3.12. The van der Waals surface area contributed by atoms with Crippen molar-refractivity contribution in [1.82, 2.24) is 25.1 Å². The summed E-state index contributed by atoms with van der Waals surface area (Å²) in [4.78, 5) is 39.7. The van der Waals surface area contributed by atoms with E-state index in [1.54, 1.807) is 25.3 Å². The Kier molecular flexibility index (Phi) is 13.7. The molecule has 276 valence electrons. The summed E-state index contributed by atoms with van der Waals surface area (Å²) in [6, 6.07) is 14.7. The lowest BCUT2D eigenvalue weighted by molar-refractivity contribution is 0.0936. The Hall–Kier alpha value is -4.82. The molecule has 3 N–H and O–H groups in total. The summed E-state index contributed by atoms with van der Waals surface area (Å²) in [5.74, 6) is -1.18. The highest BCUT2D eigenvalue weighted by Gasteiger charge is 2.21. The molecule has 52 heavy (non-hydrogen) atoms. The predicted octanol–water partition coefficient (Wildman–Crippen LogP) is 6.46. The van der Waals surface area contributed by atoms with E-state index in [2.05, 4.69) is 42.6 Å². The number of nitrogens with zero attached hydrogens (tertiary/aromatic N) is 4. The van der Waals surface area contributed by atoms with E-state index < -0.39 is 11.7 Å². The zero-order valence-corrected chi connectivity index (χ0v) is 30.7. The number of halogens is 2. The molecule has 0 aliphatic carbocycles. The number of rotatable bonds is 16. The maximum Gasteiger partial charge on any atom is 0.262 e. The third kappa shape index (κ3) is 10.4. The molecular formula is C38H45ClFN7O5. The van der Waals surface area contributed by atoms with Crippen LogP contribution in [0, 0.1) is 19.7 Å². The molecule has 0 unspecified atom stereocenters. The van der Waals surface area contributed by atoms with E-state index in [0.717, 1.165) is 50.3 Å². The fourth-order valence-corrected chi connectivity index (χ4v) is 5.93. The number of anilines is 3. The highest BCUT2D eigenvalue weighted by atomic mass is 35.5. The SMILES string of the molecule is CCCN1CCN(CCOc2ccc(Nc3ncc(C(=O)Nc4c(C)cccc4C)c(Oc4ccc(C(=O)NCCOC)cc4Cl)n3)cc2F)CC1. The van der Waals surface area contributed by atoms with Crippen LogP contribution < -0.4 is 25.4 Å². The van der Waals surface area contributed by atoms with Gasteiger partial charge >= 0.3 is 0 Å². The standard InChI is InChI=1S/C38H45ClFN7O5/c1-5-14-46-15-17-47(18-16-46)19-21-51-33-12-10-28(23-31(33)40)43-38-42-24-29(36(49)44-34-25(2)7-6-8-26(34)3)37(45-38)52-32-11-9-27(22-30(32)39)35(48)41-13-20-50-4/h6-12,22-24H,5,13-21H2,1-4H3,(H,41,48)(H,44,49)(H,42,43,45). The molecule has 0 saturated carbocycles. The van der Waals surface area contributed by atoms with Crippen molar-refractivity contribution < 1.29 is 28.2 Å². The van der Waals surface area contributed by atoms with Gasteiger partial charge in [-0.05, 0) is 68.3 Å². The van der Waals surface area contributed by atoms with E-state index in [4.69, 9.17) is 25.8 Å². The number of nitrogens with one attached hydrogen (secondary N) is 3. The summed E-state index contributed by atoms with van der Waals surface area (Å²) >= 11 is 6.54. The first-order valence-electron chi connectivity index (χ1n) is 17.3. The first-order valence-corrected chi connectivity index (χ1v) is 17.7. The third-order valence-electron chi connectivity index (χ3n) is 8.57. The number of hydrogen-bond acceptors (Lipinski definition) is 10. The second kappa shape index (κ2) is 18.6. The molecule has 4 aromatic rings. The minimum atomic E-state index is -0.544. The van der Waals surface area contributed by atoms with Gasteiger partial charge in [0.25, 0.3) is 11.8 Å². The number of ether oxygens (including phenoxy) is 3. The fraction of sp³-hybridized carbons (Fsp3) is 0.368. The van der Waals surface area contributed by atoms with E-state index in [-0.39, 0.29) is 39.8 Å². The average molecular weight is 734 g/mol. The normalized spacial score (nSPS) is 13.4. The first-order chi connectivity index (χ1) is 25.1. The quantitative estimate of drug-likeness (QED) is 0.110. The summed E-state index contributed by atoms with van der Waals surface area (Å²) in [6.07, 6.45) is 2.46. The number of aryl methyl sites for hydroxylation is 2. The van der Waals surface area contributed by atoms with Gasteiger partial charge in [0, 0.05) is 75.6 Å². The van der Waals surface area contributed by atoms with Gasteiger partial charge < -0.3 is 35.1 Å². The zero-order valence-electron chi connectivity index (χ0n) is 29.9. The van der Waals surface area contributed by atoms with Crippen molar-refractivity contribution in [2.75, 3.05) is 76.8 Å². The molecule has 3 aromatic carbocycles. The lowest BCUT2D eigenvalue weighted by Gasteiger charge is -2.34. The molecule has 1 aliphatic rings. The number of benzene rings is 3. The molecule has 1 aliphatic heterocycles. The lowest BCUT2D eigenvalue weighted by atomic mass is 10.1. The Balaban J connectivity index is 1.31. The summed E-state index contributed by atoms with van der Waals surface area (Å²) < 4.78 is 32.0. The fourth-order valence-electron chi connectivity index (χ4n) is 5.71. The molecule has 12 nitrogen and oxygen atoms in total. The molecule has 2 heterocycles. The molecule has 1 aromatic heterocycles. The van der Waals surface area contributed by atoms with E-state index in [9.17, 15) is 9.59 Å². The molecule has 1 fully saturated rings. The predicted molar refractivity (Wildman–Crippen MR) is 200 cm³/mol. The summed E-state index contributed by atoms with van der Waals surface area (Å²) in [5, 5.41) is 8.76. The van der Waals surface area contributed by atoms with Crippen molar-refractivity contribution in [3.63, 3.8) is 0 Å². The van der Waals surface area contributed by atoms with Gasteiger partial charge in [-0.1, -0.05) is 36.7 Å². The van der Waals surface area contributed by atoms with Gasteiger partial charge in [0.2, 0.25) is 11.8 Å². The van der Waals surface area contributed by atoms with Crippen LogP contribution >= 0.6 is 11.6 Å². The van der Waals surface area contributed by atoms with Crippen molar-refractivity contribution in [1.29, 1.82) is 0 Å². The van der Waals surface area contributed by atoms with E-state index >= 15 is 4.39 Å². The van der Waals surface area contributed by atoms with Crippen LogP contribution in [0.15, 0.2) is 60.8 Å². The number of carbonyl (C=O) groups excluding carboxylic acids is 2. The monoisotopic (exact) mass is 733 g/mol. The van der Waals surface area contributed by atoms with Gasteiger partial charge in [0.05, 0.1) is 11.6 Å². The summed E-state index contributed by atoms with van der Waals surface area (Å²) in [6.45, 7) is 12.9. The van der Waals surface area contributed by atoms with Crippen molar-refractivity contribution in [3.05, 3.63) is 93.9 Å². The summed E-state index contributed by atoms with van der Waals surface area (Å²) in [5.41, 5.74) is 3.08. The summed E-state index contributed by atoms with van der Waals surface area (Å²) in [7, 11) is 1.54. The van der Waals surface area contributed by atoms with Crippen LogP contribution in [0.25, 0.3) is 0 Å². The van der Waals surface area contributed by atoms with Gasteiger partial charge in [0.1, 0.15) is 17.9 Å². The molecule has 0 bridgehead atoms. The molecule has 5 rings (SSSR count). The molecule has 14 heteroatoms. The zero-order chi connectivity index (χ0) is 37.0. The number of hydrogen-bond donors (Lipinski definition) is 3. The van der Waals surface area contributed by atoms with Crippen molar-refractivity contribution in [2.24, 2.45) is 0 Å². The minimum absolute atomic E-state index is 0.0207. The molecular weight excluding hydrogens is 689 g/mol. The Morgan fingerprint density at radius 2 is 1.63 bits per heavy atom. The second-order valence-corrected chi connectivity index (χ2v) is 12.8. The van der Waals surface area contributed by atoms with Crippen LogP contribution in [-0.4, -0.2) is 97.7 Å². The van der Waals surface area contributed by atoms with Crippen LogP contribution in [0.5, 0.6) is 17.4 Å². The van der Waals surface area contributed by atoms with Crippen LogP contribution in [0.3, 0.4) is 0 Å². The Bertz CT molecular complexity index is 1830. The Labute approximate surface area is 308 Å². The van der Waals surface area contributed by atoms with Crippen LogP contribution in [0.1, 0.15) is 45.2 Å². The molecule has 0 spiro atoms. The molecule has 0 radical (unpaired) electrons. The van der Waals surface area contributed by atoms with Crippen molar-refractivity contribution >= 4 is 40.7 Å². The van der Waals surface area contributed by atoms with Gasteiger partial charge in [-0.25, -0.2) is 9.37 Å². The smallest absolute Gasteiger partial charge is 0.262 e. The number of carbonyl (C=O) groups is 2.